The normalized spacial score (nSPS) is 22.9. The van der Waals surface area contributed by atoms with E-state index < -0.39 is 0 Å². The van der Waals surface area contributed by atoms with Crippen molar-refractivity contribution in [1.29, 1.82) is 0 Å². The zero-order chi connectivity index (χ0) is 9.97. The number of imidazole rings is 1. The summed E-state index contributed by atoms with van der Waals surface area (Å²) < 4.78 is 2.29. The van der Waals surface area contributed by atoms with Gasteiger partial charge in [0.05, 0.1) is 0 Å². The molecule has 2 rings (SSSR count). The number of nitrogens with one attached hydrogen (secondary N) is 1. The Morgan fingerprint density at radius 1 is 1.57 bits per heavy atom. The minimum absolute atomic E-state index is 0.523. The first-order chi connectivity index (χ1) is 6.79. The van der Waals surface area contributed by atoms with Crippen molar-refractivity contribution in [2.45, 2.75) is 38.6 Å². The van der Waals surface area contributed by atoms with Gasteiger partial charge < -0.3 is 9.88 Å². The van der Waals surface area contributed by atoms with E-state index in [1.54, 1.807) is 0 Å². The van der Waals surface area contributed by atoms with Crippen LogP contribution in [-0.2, 0) is 0 Å². The first-order valence-electron chi connectivity index (χ1n) is 5.52. The Kier molecular flexibility index (Phi) is 2.87. The summed E-state index contributed by atoms with van der Waals surface area (Å²) in [7, 11) is 0. The molecule has 1 aromatic heterocycles. The minimum atomic E-state index is 0.523. The zero-order valence-electron chi connectivity index (χ0n) is 9.03. The second-order valence-electron chi connectivity index (χ2n) is 4.33. The largest absolute Gasteiger partial charge is 0.332 e. The van der Waals surface area contributed by atoms with Gasteiger partial charge >= 0.3 is 0 Å². The van der Waals surface area contributed by atoms with E-state index in [1.807, 2.05) is 6.20 Å². The minimum Gasteiger partial charge on any atom is -0.332 e. The van der Waals surface area contributed by atoms with Crippen molar-refractivity contribution in [2.75, 3.05) is 13.1 Å². The molecule has 1 aliphatic rings. The Bertz CT molecular complexity index is 284. The highest BCUT2D eigenvalue weighted by Crippen LogP contribution is 2.23. The summed E-state index contributed by atoms with van der Waals surface area (Å²) in [5.41, 5.74) is 0. The molecule has 1 unspecified atom stereocenters. The second kappa shape index (κ2) is 4.13. The Morgan fingerprint density at radius 3 is 3.07 bits per heavy atom. The van der Waals surface area contributed by atoms with Crippen molar-refractivity contribution in [3.05, 3.63) is 18.2 Å². The van der Waals surface area contributed by atoms with Gasteiger partial charge in [0.15, 0.2) is 0 Å². The van der Waals surface area contributed by atoms with Crippen LogP contribution in [0.4, 0.5) is 0 Å². The molecular weight excluding hydrogens is 174 g/mol. The van der Waals surface area contributed by atoms with Crippen LogP contribution in [0, 0.1) is 0 Å². The molecule has 0 bridgehead atoms. The van der Waals surface area contributed by atoms with E-state index in [2.05, 4.69) is 34.9 Å². The van der Waals surface area contributed by atoms with E-state index in [9.17, 15) is 0 Å². The molecule has 78 valence electrons. The van der Waals surface area contributed by atoms with Crippen LogP contribution in [0.15, 0.2) is 12.4 Å². The van der Waals surface area contributed by atoms with Crippen LogP contribution in [0.3, 0.4) is 0 Å². The lowest BCUT2D eigenvalue weighted by atomic mass is 9.98. The van der Waals surface area contributed by atoms with Crippen molar-refractivity contribution < 1.29 is 0 Å². The summed E-state index contributed by atoms with van der Waals surface area (Å²) in [5.74, 6) is 1.87. The van der Waals surface area contributed by atoms with E-state index in [-0.39, 0.29) is 0 Å². The average Bonchev–Trinajstić information content (AvgIpc) is 2.67. The van der Waals surface area contributed by atoms with Crippen LogP contribution >= 0.6 is 0 Å². The molecule has 1 aromatic rings. The molecular formula is C11H19N3. The summed E-state index contributed by atoms with van der Waals surface area (Å²) in [6, 6.07) is 0.523. The highest BCUT2D eigenvalue weighted by Gasteiger charge is 2.20. The predicted octanol–water partition coefficient (Wildman–Crippen LogP) is 1.93. The molecule has 0 saturated carbocycles. The van der Waals surface area contributed by atoms with E-state index in [4.69, 9.17) is 0 Å². The lowest BCUT2D eigenvalue weighted by Crippen LogP contribution is -2.30. The summed E-state index contributed by atoms with van der Waals surface area (Å²) in [6.45, 7) is 6.67. The number of rotatable bonds is 2. The number of hydrogen-bond donors (Lipinski definition) is 1. The summed E-state index contributed by atoms with van der Waals surface area (Å²) >= 11 is 0. The maximum atomic E-state index is 4.48. The fraction of sp³-hybridized carbons (Fsp3) is 0.727. The Morgan fingerprint density at radius 2 is 2.43 bits per heavy atom. The number of nitrogens with zero attached hydrogens (tertiary/aromatic N) is 2. The van der Waals surface area contributed by atoms with Gasteiger partial charge in [0.1, 0.15) is 5.82 Å². The van der Waals surface area contributed by atoms with Gasteiger partial charge in [0, 0.05) is 30.9 Å². The SMILES string of the molecule is CC(C)n1ccnc1C1CCCNC1. The zero-order valence-corrected chi connectivity index (χ0v) is 9.03. The number of piperidine rings is 1. The van der Waals surface area contributed by atoms with Crippen LogP contribution < -0.4 is 5.32 Å². The smallest absolute Gasteiger partial charge is 0.113 e. The molecule has 3 nitrogen and oxygen atoms in total. The van der Waals surface area contributed by atoms with Gasteiger partial charge in [0.2, 0.25) is 0 Å². The van der Waals surface area contributed by atoms with Crippen molar-refractivity contribution >= 4 is 0 Å². The summed E-state index contributed by atoms with van der Waals surface area (Å²) in [4.78, 5) is 4.48. The Balaban J connectivity index is 2.17. The van der Waals surface area contributed by atoms with Gasteiger partial charge in [-0.15, -0.1) is 0 Å². The molecule has 2 heterocycles. The van der Waals surface area contributed by atoms with Gasteiger partial charge in [-0.25, -0.2) is 4.98 Å². The first-order valence-corrected chi connectivity index (χ1v) is 5.52. The maximum Gasteiger partial charge on any atom is 0.113 e. The van der Waals surface area contributed by atoms with Crippen molar-refractivity contribution in [1.82, 2.24) is 14.9 Å². The van der Waals surface area contributed by atoms with E-state index in [1.165, 1.54) is 25.2 Å². The third-order valence-corrected chi connectivity index (χ3v) is 2.92. The molecule has 14 heavy (non-hydrogen) atoms. The molecule has 1 N–H and O–H groups in total. The summed E-state index contributed by atoms with van der Waals surface area (Å²) in [6.07, 6.45) is 6.56. The maximum absolute atomic E-state index is 4.48. The average molecular weight is 193 g/mol. The van der Waals surface area contributed by atoms with Gasteiger partial charge in [-0.1, -0.05) is 0 Å². The van der Waals surface area contributed by atoms with Gasteiger partial charge in [-0.2, -0.15) is 0 Å². The third kappa shape index (κ3) is 1.82. The van der Waals surface area contributed by atoms with Crippen molar-refractivity contribution in [2.24, 2.45) is 0 Å². The second-order valence-corrected chi connectivity index (χ2v) is 4.33. The van der Waals surface area contributed by atoms with Gasteiger partial charge in [-0.05, 0) is 33.2 Å². The standard InChI is InChI=1S/C11H19N3/c1-9(2)14-7-6-13-11(14)10-4-3-5-12-8-10/h6-7,9-10,12H,3-5,8H2,1-2H3. The lowest BCUT2D eigenvalue weighted by Gasteiger charge is -2.24. The van der Waals surface area contributed by atoms with Crippen molar-refractivity contribution in [3.8, 4) is 0 Å². The molecule has 0 amide bonds. The van der Waals surface area contributed by atoms with E-state index >= 15 is 0 Å². The van der Waals surface area contributed by atoms with Gasteiger partial charge in [-0.3, -0.25) is 0 Å². The molecule has 1 aliphatic heterocycles. The van der Waals surface area contributed by atoms with Crippen LogP contribution in [-0.4, -0.2) is 22.6 Å². The highest BCUT2D eigenvalue weighted by atomic mass is 15.1. The van der Waals surface area contributed by atoms with E-state index in [0.29, 0.717) is 12.0 Å². The van der Waals surface area contributed by atoms with Crippen molar-refractivity contribution in [3.63, 3.8) is 0 Å². The first kappa shape index (κ1) is 9.71. The lowest BCUT2D eigenvalue weighted by molar-refractivity contribution is 0.422. The molecule has 0 radical (unpaired) electrons. The monoisotopic (exact) mass is 193 g/mol. The molecule has 1 atom stereocenters. The highest BCUT2D eigenvalue weighted by molar-refractivity contribution is 5.03. The fourth-order valence-electron chi connectivity index (χ4n) is 2.15. The molecule has 1 fully saturated rings. The van der Waals surface area contributed by atoms with Crippen LogP contribution in [0.1, 0.15) is 44.5 Å². The fourth-order valence-corrected chi connectivity index (χ4v) is 2.15. The quantitative estimate of drug-likeness (QED) is 0.777. The molecule has 0 aliphatic carbocycles. The predicted molar refractivity (Wildman–Crippen MR) is 57.5 cm³/mol. The number of hydrogen-bond acceptors (Lipinski definition) is 2. The molecule has 0 aromatic carbocycles. The Labute approximate surface area is 85.5 Å². The Hall–Kier alpha value is -0.830. The molecule has 1 saturated heterocycles. The van der Waals surface area contributed by atoms with Crippen LogP contribution in [0.25, 0.3) is 0 Å². The third-order valence-electron chi connectivity index (χ3n) is 2.92. The topological polar surface area (TPSA) is 29.9 Å². The summed E-state index contributed by atoms with van der Waals surface area (Å²) in [5, 5.41) is 3.44. The van der Waals surface area contributed by atoms with Crippen LogP contribution in [0.5, 0.6) is 0 Å². The number of aromatic nitrogens is 2. The molecule has 3 heteroatoms. The molecule has 0 spiro atoms. The van der Waals surface area contributed by atoms with Gasteiger partial charge in [0.25, 0.3) is 0 Å². The van der Waals surface area contributed by atoms with E-state index in [0.717, 1.165) is 6.54 Å². The van der Waals surface area contributed by atoms with Crippen LogP contribution in [0.2, 0.25) is 0 Å².